The summed E-state index contributed by atoms with van der Waals surface area (Å²) >= 11 is 0. The second-order valence-electron chi connectivity index (χ2n) is 6.13. The van der Waals surface area contributed by atoms with Gasteiger partial charge < -0.3 is 19.4 Å². The molecule has 1 aliphatic heterocycles. The first-order valence-electron chi connectivity index (χ1n) is 7.05. The zero-order valence-electron chi connectivity index (χ0n) is 12.9. The second-order valence-corrected chi connectivity index (χ2v) is 6.13. The average Bonchev–Trinajstić information content (AvgIpc) is 2.98. The number of hydrogen-bond donors (Lipinski definition) is 1. The standard InChI is InChI=1S/C15H19N3O4/c1-15(2,3)22-14(20)17-12-6-7-18(13(12)19)9-11-5-4-10(8-16)21-11/h4-5,12H,6-7,9H2,1-3H3,(H,17,20)/t12-/m0/s1. The molecule has 0 bridgehead atoms. The maximum atomic E-state index is 12.2. The molecule has 1 atom stereocenters. The summed E-state index contributed by atoms with van der Waals surface area (Å²) in [5.41, 5.74) is -0.604. The largest absolute Gasteiger partial charge is 0.449 e. The van der Waals surface area contributed by atoms with E-state index in [4.69, 9.17) is 14.4 Å². The third-order valence-corrected chi connectivity index (χ3v) is 3.11. The lowest BCUT2D eigenvalue weighted by atomic mass is 10.2. The number of ether oxygens (including phenoxy) is 1. The fraction of sp³-hybridized carbons (Fsp3) is 0.533. The monoisotopic (exact) mass is 305 g/mol. The highest BCUT2D eigenvalue weighted by atomic mass is 16.6. The smallest absolute Gasteiger partial charge is 0.408 e. The molecule has 1 fully saturated rings. The molecule has 2 rings (SSSR count). The van der Waals surface area contributed by atoms with Crippen LogP contribution in [-0.2, 0) is 16.1 Å². The lowest BCUT2D eigenvalue weighted by molar-refractivity contribution is -0.130. The summed E-state index contributed by atoms with van der Waals surface area (Å²) in [5, 5.41) is 11.3. The van der Waals surface area contributed by atoms with Crippen LogP contribution < -0.4 is 5.32 Å². The first-order chi connectivity index (χ1) is 10.3. The number of carbonyl (C=O) groups excluding carboxylic acids is 2. The Morgan fingerprint density at radius 3 is 2.86 bits per heavy atom. The van der Waals surface area contributed by atoms with Crippen molar-refractivity contribution in [2.75, 3.05) is 6.54 Å². The highest BCUT2D eigenvalue weighted by Gasteiger charge is 2.34. The number of likely N-dealkylation sites (tertiary alicyclic amines) is 1. The van der Waals surface area contributed by atoms with Crippen LogP contribution in [0.3, 0.4) is 0 Å². The molecule has 1 aliphatic rings. The van der Waals surface area contributed by atoms with E-state index in [1.54, 1.807) is 37.8 Å². The van der Waals surface area contributed by atoms with Crippen molar-refractivity contribution in [3.8, 4) is 6.07 Å². The highest BCUT2D eigenvalue weighted by molar-refractivity contribution is 5.87. The van der Waals surface area contributed by atoms with Gasteiger partial charge in [0.15, 0.2) is 0 Å². The molecule has 0 saturated carbocycles. The average molecular weight is 305 g/mol. The maximum Gasteiger partial charge on any atom is 0.408 e. The van der Waals surface area contributed by atoms with Gasteiger partial charge >= 0.3 is 6.09 Å². The maximum absolute atomic E-state index is 12.2. The molecule has 0 aliphatic carbocycles. The molecule has 0 aromatic carbocycles. The molecule has 1 N–H and O–H groups in total. The van der Waals surface area contributed by atoms with Gasteiger partial charge in [-0.2, -0.15) is 5.26 Å². The van der Waals surface area contributed by atoms with Crippen molar-refractivity contribution < 1.29 is 18.7 Å². The normalized spacial score (nSPS) is 18.2. The number of carbonyl (C=O) groups is 2. The van der Waals surface area contributed by atoms with Crippen molar-refractivity contribution in [1.82, 2.24) is 10.2 Å². The minimum Gasteiger partial charge on any atom is -0.449 e. The second kappa shape index (κ2) is 6.10. The Bertz CT molecular complexity index is 609. The Morgan fingerprint density at radius 2 is 2.27 bits per heavy atom. The van der Waals surface area contributed by atoms with Gasteiger partial charge in [0.1, 0.15) is 23.5 Å². The van der Waals surface area contributed by atoms with E-state index < -0.39 is 17.7 Å². The number of hydrogen-bond acceptors (Lipinski definition) is 5. The molecule has 1 saturated heterocycles. The molecule has 7 heteroatoms. The molecular formula is C15H19N3O4. The van der Waals surface area contributed by atoms with Crippen LogP contribution in [0.2, 0.25) is 0 Å². The summed E-state index contributed by atoms with van der Waals surface area (Å²) in [5.74, 6) is 0.577. The number of alkyl carbamates (subject to hydrolysis) is 1. The van der Waals surface area contributed by atoms with Crippen molar-refractivity contribution in [2.45, 2.75) is 45.4 Å². The summed E-state index contributed by atoms with van der Waals surface area (Å²) in [6.45, 7) is 6.09. The van der Waals surface area contributed by atoms with Gasteiger partial charge in [0.05, 0.1) is 6.54 Å². The molecule has 1 aromatic rings. The zero-order valence-corrected chi connectivity index (χ0v) is 12.9. The molecule has 2 heterocycles. The van der Waals surface area contributed by atoms with Crippen molar-refractivity contribution in [3.63, 3.8) is 0 Å². The fourth-order valence-corrected chi connectivity index (χ4v) is 2.19. The van der Waals surface area contributed by atoms with Crippen molar-refractivity contribution in [3.05, 3.63) is 23.7 Å². The van der Waals surface area contributed by atoms with Crippen LogP contribution in [0.5, 0.6) is 0 Å². The number of furan rings is 1. The Labute approximate surface area is 128 Å². The summed E-state index contributed by atoms with van der Waals surface area (Å²) in [7, 11) is 0. The fourth-order valence-electron chi connectivity index (χ4n) is 2.19. The van der Waals surface area contributed by atoms with Crippen molar-refractivity contribution >= 4 is 12.0 Å². The first kappa shape index (κ1) is 15.9. The predicted octanol–water partition coefficient (Wildman–Crippen LogP) is 1.78. The number of nitrogens with zero attached hydrogens (tertiary/aromatic N) is 2. The van der Waals surface area contributed by atoms with E-state index >= 15 is 0 Å². The molecule has 7 nitrogen and oxygen atoms in total. The minimum absolute atomic E-state index is 0.180. The summed E-state index contributed by atoms with van der Waals surface area (Å²) in [6.07, 6.45) is -0.0818. The molecule has 0 radical (unpaired) electrons. The lowest BCUT2D eigenvalue weighted by Crippen LogP contribution is -2.43. The Morgan fingerprint density at radius 1 is 1.55 bits per heavy atom. The summed E-state index contributed by atoms with van der Waals surface area (Å²) in [4.78, 5) is 25.5. The number of amides is 2. The Hall–Kier alpha value is -2.49. The SMILES string of the molecule is CC(C)(C)OC(=O)N[C@H]1CCN(Cc2ccc(C#N)o2)C1=O. The molecule has 118 valence electrons. The van der Waals surface area contributed by atoms with Crippen LogP contribution in [-0.4, -0.2) is 35.1 Å². The van der Waals surface area contributed by atoms with Gasteiger partial charge in [-0.25, -0.2) is 4.79 Å². The molecule has 0 spiro atoms. The van der Waals surface area contributed by atoms with Gasteiger partial charge in [-0.15, -0.1) is 0 Å². The van der Waals surface area contributed by atoms with Gasteiger partial charge in [-0.05, 0) is 39.3 Å². The van der Waals surface area contributed by atoms with Crippen LogP contribution in [0, 0.1) is 11.3 Å². The third-order valence-electron chi connectivity index (χ3n) is 3.11. The van der Waals surface area contributed by atoms with E-state index in [9.17, 15) is 9.59 Å². The summed E-state index contributed by atoms with van der Waals surface area (Å²) in [6, 6.07) is 4.54. The molecular weight excluding hydrogens is 286 g/mol. The number of nitriles is 1. The van der Waals surface area contributed by atoms with Crippen LogP contribution in [0.25, 0.3) is 0 Å². The van der Waals surface area contributed by atoms with Crippen LogP contribution in [0.1, 0.15) is 38.7 Å². The van der Waals surface area contributed by atoms with E-state index in [-0.39, 0.29) is 18.2 Å². The highest BCUT2D eigenvalue weighted by Crippen LogP contribution is 2.17. The third kappa shape index (κ3) is 4.01. The van der Waals surface area contributed by atoms with Crippen molar-refractivity contribution in [1.29, 1.82) is 5.26 Å². The van der Waals surface area contributed by atoms with E-state index in [1.165, 1.54) is 0 Å². The van der Waals surface area contributed by atoms with Gasteiger partial charge in [0.25, 0.3) is 0 Å². The molecule has 1 aromatic heterocycles. The van der Waals surface area contributed by atoms with Crippen LogP contribution >= 0.6 is 0 Å². The quantitative estimate of drug-likeness (QED) is 0.918. The molecule has 2 amide bonds. The van der Waals surface area contributed by atoms with E-state index in [0.717, 1.165) is 0 Å². The van der Waals surface area contributed by atoms with Crippen molar-refractivity contribution in [2.24, 2.45) is 0 Å². The Balaban J connectivity index is 1.89. The zero-order chi connectivity index (χ0) is 16.3. The number of nitrogens with one attached hydrogen (secondary N) is 1. The summed E-state index contributed by atoms with van der Waals surface area (Å²) < 4.78 is 10.4. The van der Waals surface area contributed by atoms with E-state index in [0.29, 0.717) is 18.7 Å². The molecule has 22 heavy (non-hydrogen) atoms. The van der Waals surface area contributed by atoms with Gasteiger partial charge in [-0.3, -0.25) is 4.79 Å². The topological polar surface area (TPSA) is 95.6 Å². The number of rotatable bonds is 3. The molecule has 0 unspecified atom stereocenters. The first-order valence-corrected chi connectivity index (χ1v) is 7.05. The van der Waals surface area contributed by atoms with E-state index in [2.05, 4.69) is 5.32 Å². The van der Waals surface area contributed by atoms with Gasteiger partial charge in [-0.1, -0.05) is 0 Å². The van der Waals surface area contributed by atoms with Crippen LogP contribution in [0.4, 0.5) is 4.79 Å². The van der Waals surface area contributed by atoms with Gasteiger partial charge in [0, 0.05) is 6.54 Å². The minimum atomic E-state index is -0.604. The van der Waals surface area contributed by atoms with Gasteiger partial charge in [0.2, 0.25) is 11.7 Å². The predicted molar refractivity (Wildman–Crippen MR) is 76.6 cm³/mol. The van der Waals surface area contributed by atoms with E-state index in [1.807, 2.05) is 6.07 Å². The lowest BCUT2D eigenvalue weighted by Gasteiger charge is -2.21. The van der Waals surface area contributed by atoms with Crippen LogP contribution in [0.15, 0.2) is 16.5 Å². The Kier molecular flexibility index (Phi) is 4.40.